The van der Waals surface area contributed by atoms with E-state index in [9.17, 15) is 0 Å². The van der Waals surface area contributed by atoms with Crippen LogP contribution in [-0.2, 0) is 0 Å². The normalized spacial score (nSPS) is 11.2. The molecule has 25 heavy (non-hydrogen) atoms. The first kappa shape index (κ1) is 23.0. The van der Waals surface area contributed by atoms with Gasteiger partial charge >= 0.3 is 0 Å². The molecule has 0 rings (SSSR count). The maximum atomic E-state index is 4.11. The number of hydrogen-bond donors (Lipinski definition) is 1. The fourth-order valence-electron chi connectivity index (χ4n) is 2.12. The SMILES string of the molecule is C=C/C=C\C(=C)N(C)CCC(=C)NCCC/C=C\CCC(=C)C(C)C. The third-order valence-electron chi connectivity index (χ3n) is 4.20. The van der Waals surface area contributed by atoms with Gasteiger partial charge in [0.15, 0.2) is 0 Å². The minimum Gasteiger partial charge on any atom is -0.389 e. The summed E-state index contributed by atoms with van der Waals surface area (Å²) in [7, 11) is 2.04. The zero-order chi connectivity index (χ0) is 19.1. The van der Waals surface area contributed by atoms with Crippen LogP contribution in [-0.4, -0.2) is 25.0 Å². The Bertz CT molecular complexity index is 480. The first-order valence-corrected chi connectivity index (χ1v) is 9.32. The predicted octanol–water partition coefficient (Wildman–Crippen LogP) is 6.00. The maximum Gasteiger partial charge on any atom is 0.0290 e. The molecule has 0 aliphatic heterocycles. The molecule has 0 aromatic heterocycles. The summed E-state index contributed by atoms with van der Waals surface area (Å²) in [4.78, 5) is 2.13. The van der Waals surface area contributed by atoms with Crippen LogP contribution >= 0.6 is 0 Å². The van der Waals surface area contributed by atoms with E-state index in [1.165, 1.54) is 5.57 Å². The summed E-state index contributed by atoms with van der Waals surface area (Å²) in [5, 5.41) is 3.41. The molecule has 0 aliphatic carbocycles. The largest absolute Gasteiger partial charge is 0.389 e. The molecule has 2 heteroatoms. The molecule has 0 amide bonds. The fraction of sp³-hybridized carbons (Fsp3) is 0.478. The number of nitrogens with one attached hydrogen (secondary N) is 1. The standard InChI is InChI=1S/C23H38N2/c1-8-9-16-23(6)25(7)19-17-22(5)24-18-14-12-10-11-13-15-21(4)20(2)3/h8-11,16,20,24H,1,4-6,12-15,17-19H2,2-3,7H3/b11-10-,16-9-. The van der Waals surface area contributed by atoms with Crippen LogP contribution in [0.15, 0.2) is 73.7 Å². The lowest BCUT2D eigenvalue weighted by Crippen LogP contribution is -2.21. The van der Waals surface area contributed by atoms with E-state index in [-0.39, 0.29) is 0 Å². The Hall–Kier alpha value is -1.96. The van der Waals surface area contributed by atoms with Crippen LogP contribution in [0.3, 0.4) is 0 Å². The van der Waals surface area contributed by atoms with Crippen molar-refractivity contribution in [3.05, 3.63) is 73.7 Å². The van der Waals surface area contributed by atoms with Gasteiger partial charge in [-0.2, -0.15) is 0 Å². The molecule has 1 N–H and O–H groups in total. The molecule has 0 atom stereocenters. The van der Waals surface area contributed by atoms with Gasteiger partial charge in [-0.25, -0.2) is 0 Å². The Balaban J connectivity index is 3.70. The highest BCUT2D eigenvalue weighted by atomic mass is 15.1. The molecule has 0 fully saturated rings. The third kappa shape index (κ3) is 13.1. The van der Waals surface area contributed by atoms with Crippen LogP contribution in [0.4, 0.5) is 0 Å². The Morgan fingerprint density at radius 3 is 2.40 bits per heavy atom. The van der Waals surface area contributed by atoms with Crippen LogP contribution in [0.2, 0.25) is 0 Å². The first-order valence-electron chi connectivity index (χ1n) is 9.32. The van der Waals surface area contributed by atoms with Crippen LogP contribution in [0.25, 0.3) is 0 Å². The second kappa shape index (κ2) is 14.4. The van der Waals surface area contributed by atoms with E-state index in [1.807, 2.05) is 19.2 Å². The second-order valence-corrected chi connectivity index (χ2v) is 6.75. The monoisotopic (exact) mass is 342 g/mol. The van der Waals surface area contributed by atoms with Crippen molar-refractivity contribution >= 4 is 0 Å². The van der Waals surface area contributed by atoms with Crippen molar-refractivity contribution < 1.29 is 0 Å². The summed E-state index contributed by atoms with van der Waals surface area (Å²) in [5.74, 6) is 0.595. The Morgan fingerprint density at radius 2 is 1.76 bits per heavy atom. The van der Waals surface area contributed by atoms with Crippen LogP contribution in [0.1, 0.15) is 46.0 Å². The van der Waals surface area contributed by atoms with E-state index in [1.54, 1.807) is 6.08 Å². The summed E-state index contributed by atoms with van der Waals surface area (Å²) >= 11 is 0. The van der Waals surface area contributed by atoms with E-state index in [0.717, 1.165) is 56.6 Å². The van der Waals surface area contributed by atoms with Gasteiger partial charge in [0.05, 0.1) is 0 Å². The average molecular weight is 343 g/mol. The molecule has 0 saturated carbocycles. The Kier molecular flexibility index (Phi) is 13.3. The predicted molar refractivity (Wildman–Crippen MR) is 114 cm³/mol. The third-order valence-corrected chi connectivity index (χ3v) is 4.20. The second-order valence-electron chi connectivity index (χ2n) is 6.75. The molecule has 0 saturated heterocycles. The fourth-order valence-corrected chi connectivity index (χ4v) is 2.12. The van der Waals surface area contributed by atoms with E-state index in [2.05, 4.69) is 62.5 Å². The van der Waals surface area contributed by atoms with Gasteiger partial charge in [0.2, 0.25) is 0 Å². The van der Waals surface area contributed by atoms with Crippen molar-refractivity contribution in [2.45, 2.75) is 46.0 Å². The van der Waals surface area contributed by atoms with Crippen molar-refractivity contribution in [3.63, 3.8) is 0 Å². The number of rotatable bonds is 15. The lowest BCUT2D eigenvalue weighted by Gasteiger charge is -2.20. The quantitative estimate of drug-likeness (QED) is 0.223. The van der Waals surface area contributed by atoms with Gasteiger partial charge in [-0.05, 0) is 37.7 Å². The number of allylic oxidation sites excluding steroid dienone is 6. The molecule has 0 spiro atoms. The smallest absolute Gasteiger partial charge is 0.0290 e. The van der Waals surface area contributed by atoms with Crippen molar-refractivity contribution in [2.24, 2.45) is 5.92 Å². The van der Waals surface area contributed by atoms with Gasteiger partial charge in [0.25, 0.3) is 0 Å². The number of unbranched alkanes of at least 4 members (excludes halogenated alkanes) is 1. The minimum atomic E-state index is 0.595. The molecule has 140 valence electrons. The van der Waals surface area contributed by atoms with Gasteiger partial charge in [-0.1, -0.05) is 70.0 Å². The lowest BCUT2D eigenvalue weighted by molar-refractivity contribution is 0.430. The zero-order valence-electron chi connectivity index (χ0n) is 16.7. The van der Waals surface area contributed by atoms with Gasteiger partial charge in [-0.3, -0.25) is 0 Å². The van der Waals surface area contributed by atoms with Gasteiger partial charge in [0.1, 0.15) is 0 Å². The van der Waals surface area contributed by atoms with Gasteiger partial charge < -0.3 is 10.2 Å². The average Bonchev–Trinajstić information content (AvgIpc) is 2.59. The van der Waals surface area contributed by atoms with Crippen molar-refractivity contribution in [1.29, 1.82) is 0 Å². The summed E-state index contributed by atoms with van der Waals surface area (Å²) in [6.07, 6.45) is 15.5. The Morgan fingerprint density at radius 1 is 1.08 bits per heavy atom. The van der Waals surface area contributed by atoms with E-state index >= 15 is 0 Å². The molecule has 0 bridgehead atoms. The van der Waals surface area contributed by atoms with Crippen molar-refractivity contribution in [3.8, 4) is 0 Å². The molecule has 0 aromatic carbocycles. The van der Waals surface area contributed by atoms with Gasteiger partial charge in [-0.15, -0.1) is 0 Å². The highest BCUT2D eigenvalue weighted by molar-refractivity contribution is 5.17. The van der Waals surface area contributed by atoms with E-state index in [4.69, 9.17) is 0 Å². The van der Waals surface area contributed by atoms with Crippen LogP contribution in [0, 0.1) is 5.92 Å². The van der Waals surface area contributed by atoms with Crippen LogP contribution in [0.5, 0.6) is 0 Å². The van der Waals surface area contributed by atoms with E-state index < -0.39 is 0 Å². The topological polar surface area (TPSA) is 15.3 Å². The Labute approximate surface area is 156 Å². The highest BCUT2D eigenvalue weighted by Crippen LogP contribution is 2.13. The molecule has 2 nitrogen and oxygen atoms in total. The molecule has 0 aromatic rings. The number of likely N-dealkylation sites (N-methyl/N-ethyl adjacent to an activating group) is 1. The number of nitrogens with zero attached hydrogens (tertiary/aromatic N) is 1. The molecule has 0 unspecified atom stereocenters. The summed E-state index contributed by atoms with van der Waals surface area (Å²) < 4.78 is 0. The molecule has 0 aliphatic rings. The van der Waals surface area contributed by atoms with Crippen molar-refractivity contribution in [2.75, 3.05) is 20.1 Å². The molecular weight excluding hydrogens is 304 g/mol. The summed E-state index contributed by atoms with van der Waals surface area (Å²) in [5.41, 5.74) is 3.41. The lowest BCUT2D eigenvalue weighted by atomic mass is 10.0. The van der Waals surface area contributed by atoms with E-state index in [0.29, 0.717) is 5.92 Å². The maximum absolute atomic E-state index is 4.11. The highest BCUT2D eigenvalue weighted by Gasteiger charge is 2.00. The van der Waals surface area contributed by atoms with Crippen molar-refractivity contribution in [1.82, 2.24) is 10.2 Å². The molecular formula is C23H38N2. The minimum absolute atomic E-state index is 0.595. The molecule has 0 radical (unpaired) electrons. The van der Waals surface area contributed by atoms with Crippen LogP contribution < -0.4 is 5.32 Å². The summed E-state index contributed by atoms with van der Waals surface area (Å²) in [6, 6.07) is 0. The first-order chi connectivity index (χ1) is 11.9. The van der Waals surface area contributed by atoms with Gasteiger partial charge in [0, 0.05) is 38.0 Å². The number of hydrogen-bond acceptors (Lipinski definition) is 2. The summed E-state index contributed by atoms with van der Waals surface area (Å²) in [6.45, 7) is 22.2. The zero-order valence-corrected chi connectivity index (χ0v) is 16.7. The molecule has 0 heterocycles.